The van der Waals surface area contributed by atoms with E-state index in [0.717, 1.165) is 54.5 Å². The quantitative estimate of drug-likeness (QED) is 0.457. The van der Waals surface area contributed by atoms with Crippen LogP contribution in [0, 0.1) is 12.7 Å². The number of nitrogens with zero attached hydrogens (tertiary/aromatic N) is 6. The number of pyridine rings is 1. The molecule has 0 unspecified atom stereocenters. The third-order valence-electron chi connectivity index (χ3n) is 6.33. The van der Waals surface area contributed by atoms with Gasteiger partial charge in [0.1, 0.15) is 17.3 Å². The number of piperazine rings is 1. The summed E-state index contributed by atoms with van der Waals surface area (Å²) < 4.78 is 15.5. The lowest BCUT2D eigenvalue weighted by atomic mass is 10.0. The summed E-state index contributed by atoms with van der Waals surface area (Å²) in [5, 5.41) is 15.1. The van der Waals surface area contributed by atoms with Gasteiger partial charge < -0.3 is 15.7 Å². The number of hydrogen-bond acceptors (Lipinski definition) is 7. The second-order valence-electron chi connectivity index (χ2n) is 9.71. The zero-order chi connectivity index (χ0) is 24.7. The van der Waals surface area contributed by atoms with Gasteiger partial charge in [-0.15, -0.1) is 5.10 Å². The molecule has 0 aliphatic carbocycles. The Bertz CT molecular complexity index is 1350. The third kappa shape index (κ3) is 4.69. The molecule has 4 heterocycles. The molecule has 5 rings (SSSR count). The van der Waals surface area contributed by atoms with Gasteiger partial charge in [0.15, 0.2) is 5.65 Å². The Morgan fingerprint density at radius 3 is 2.43 bits per heavy atom. The number of hydrogen-bond donors (Lipinski definition) is 2. The van der Waals surface area contributed by atoms with Gasteiger partial charge in [0.25, 0.3) is 0 Å². The summed E-state index contributed by atoms with van der Waals surface area (Å²) in [6.45, 7) is 9.48. The maximum absolute atomic E-state index is 13.6. The van der Waals surface area contributed by atoms with Crippen LogP contribution in [0.25, 0.3) is 28.2 Å². The lowest BCUT2D eigenvalue weighted by molar-refractivity contribution is 0.0344. The Labute approximate surface area is 203 Å². The van der Waals surface area contributed by atoms with Gasteiger partial charge in [-0.05, 0) is 63.2 Å². The molecule has 0 amide bonds. The van der Waals surface area contributed by atoms with Gasteiger partial charge in [-0.25, -0.2) is 13.9 Å². The molecule has 1 fully saturated rings. The number of β-amino-alcohol motifs (C(OH)–C–C–N with tert-alkyl or cyclic N) is 1. The molecule has 0 saturated carbocycles. The second kappa shape index (κ2) is 8.90. The van der Waals surface area contributed by atoms with Gasteiger partial charge in [0.2, 0.25) is 0 Å². The minimum atomic E-state index is -0.718. The highest BCUT2D eigenvalue weighted by molar-refractivity contribution is 5.87. The highest BCUT2D eigenvalue weighted by Crippen LogP contribution is 2.36. The van der Waals surface area contributed by atoms with Crippen LogP contribution in [0.3, 0.4) is 0 Å². The Hall–Kier alpha value is -3.56. The topological polar surface area (TPSA) is 95.8 Å². The first-order valence-corrected chi connectivity index (χ1v) is 11.8. The van der Waals surface area contributed by atoms with Crippen LogP contribution in [-0.2, 0) is 0 Å². The van der Waals surface area contributed by atoms with Crippen molar-refractivity contribution in [3.8, 4) is 22.5 Å². The first-order chi connectivity index (χ1) is 16.7. The number of nitrogen functional groups attached to an aromatic ring is 1. The minimum Gasteiger partial charge on any atom is -0.397 e. The summed E-state index contributed by atoms with van der Waals surface area (Å²) in [5.74, 6) is 0.538. The van der Waals surface area contributed by atoms with Gasteiger partial charge in [-0.2, -0.15) is 0 Å². The lowest BCUT2D eigenvalue weighted by Crippen LogP contribution is -2.50. The van der Waals surface area contributed by atoms with Crippen molar-refractivity contribution in [1.82, 2.24) is 24.5 Å². The normalized spacial score (nSPS) is 15.2. The molecule has 4 aromatic rings. The van der Waals surface area contributed by atoms with E-state index >= 15 is 0 Å². The highest BCUT2D eigenvalue weighted by Gasteiger charge is 2.25. The fourth-order valence-corrected chi connectivity index (χ4v) is 4.61. The van der Waals surface area contributed by atoms with Crippen LogP contribution < -0.4 is 10.6 Å². The van der Waals surface area contributed by atoms with Gasteiger partial charge in [0.05, 0.1) is 22.7 Å². The van der Waals surface area contributed by atoms with Gasteiger partial charge >= 0.3 is 0 Å². The Kier molecular flexibility index (Phi) is 5.90. The average molecular weight is 476 g/mol. The van der Waals surface area contributed by atoms with Crippen LogP contribution in [-0.4, -0.2) is 67.9 Å². The van der Waals surface area contributed by atoms with E-state index in [0.29, 0.717) is 23.6 Å². The van der Waals surface area contributed by atoms with Crippen LogP contribution in [0.15, 0.2) is 48.7 Å². The number of rotatable bonds is 5. The average Bonchev–Trinajstić information content (AvgIpc) is 3.19. The van der Waals surface area contributed by atoms with Crippen molar-refractivity contribution in [2.45, 2.75) is 26.4 Å². The number of halogens is 1. The number of benzene rings is 1. The van der Waals surface area contributed by atoms with Gasteiger partial charge in [-0.1, -0.05) is 0 Å². The van der Waals surface area contributed by atoms with E-state index in [1.54, 1.807) is 18.3 Å². The summed E-state index contributed by atoms with van der Waals surface area (Å²) in [5.41, 5.74) is 10.7. The Morgan fingerprint density at radius 2 is 1.74 bits per heavy atom. The van der Waals surface area contributed by atoms with Crippen molar-refractivity contribution >= 4 is 17.2 Å². The molecule has 35 heavy (non-hydrogen) atoms. The van der Waals surface area contributed by atoms with Crippen molar-refractivity contribution in [2.75, 3.05) is 43.4 Å². The molecule has 182 valence electrons. The molecule has 0 spiro atoms. The number of aliphatic hydroxyl groups is 1. The lowest BCUT2D eigenvalue weighted by Gasteiger charge is -2.37. The molecule has 3 N–H and O–H groups in total. The highest BCUT2D eigenvalue weighted by atomic mass is 19.1. The van der Waals surface area contributed by atoms with E-state index in [9.17, 15) is 9.50 Å². The molecule has 9 heteroatoms. The van der Waals surface area contributed by atoms with Gasteiger partial charge in [-0.3, -0.25) is 9.88 Å². The third-order valence-corrected chi connectivity index (χ3v) is 6.33. The van der Waals surface area contributed by atoms with Crippen molar-refractivity contribution in [1.29, 1.82) is 0 Å². The molecule has 0 radical (unpaired) electrons. The number of anilines is 2. The van der Waals surface area contributed by atoms with Crippen LogP contribution >= 0.6 is 0 Å². The standard InChI is InChI=1S/C26H30FN7O/c1-17-23(28)20(10-11-29-17)25-24(18-4-6-19(27)7-5-18)30-21-8-9-22(31-34(21)25)33-14-12-32(13-15-33)16-26(2,3)35/h4-11,35H,12-16,28H2,1-3H3. The molecule has 1 aliphatic heterocycles. The number of aryl methyl sites for hydroxylation is 1. The van der Waals surface area contributed by atoms with Crippen LogP contribution in [0.5, 0.6) is 0 Å². The molecule has 1 aliphatic rings. The zero-order valence-electron chi connectivity index (χ0n) is 20.2. The van der Waals surface area contributed by atoms with Crippen molar-refractivity contribution in [3.05, 3.63) is 60.2 Å². The number of aromatic nitrogens is 4. The molecule has 3 aromatic heterocycles. The monoisotopic (exact) mass is 475 g/mol. The maximum atomic E-state index is 13.6. The predicted octanol–water partition coefficient (Wildman–Crippen LogP) is 3.38. The molecule has 8 nitrogen and oxygen atoms in total. The summed E-state index contributed by atoms with van der Waals surface area (Å²) in [6.07, 6.45) is 1.72. The van der Waals surface area contributed by atoms with E-state index in [2.05, 4.69) is 14.8 Å². The van der Waals surface area contributed by atoms with E-state index in [4.69, 9.17) is 15.8 Å². The smallest absolute Gasteiger partial charge is 0.155 e. The summed E-state index contributed by atoms with van der Waals surface area (Å²) >= 11 is 0. The number of imidazole rings is 1. The summed E-state index contributed by atoms with van der Waals surface area (Å²) in [6, 6.07) is 12.1. The maximum Gasteiger partial charge on any atom is 0.155 e. The van der Waals surface area contributed by atoms with E-state index in [1.165, 1.54) is 12.1 Å². The number of nitrogens with two attached hydrogens (primary N) is 1. The molecule has 1 aromatic carbocycles. The SMILES string of the molecule is Cc1nccc(-c2c(-c3ccc(F)cc3)nc3ccc(N4CCN(CC(C)(C)O)CC4)nn23)c1N. The number of fused-ring (bicyclic) bond motifs is 1. The molecular formula is C26H30FN7O. The fraction of sp³-hybridized carbons (Fsp3) is 0.346. The van der Waals surface area contributed by atoms with Crippen LogP contribution in [0.1, 0.15) is 19.5 Å². The Morgan fingerprint density at radius 1 is 1.03 bits per heavy atom. The summed E-state index contributed by atoms with van der Waals surface area (Å²) in [4.78, 5) is 13.7. The largest absolute Gasteiger partial charge is 0.397 e. The van der Waals surface area contributed by atoms with Crippen LogP contribution in [0.2, 0.25) is 0 Å². The van der Waals surface area contributed by atoms with Crippen molar-refractivity contribution in [2.24, 2.45) is 0 Å². The van der Waals surface area contributed by atoms with Crippen molar-refractivity contribution in [3.63, 3.8) is 0 Å². The van der Waals surface area contributed by atoms with E-state index < -0.39 is 5.60 Å². The minimum absolute atomic E-state index is 0.303. The van der Waals surface area contributed by atoms with Crippen LogP contribution in [0.4, 0.5) is 15.9 Å². The molecule has 0 atom stereocenters. The van der Waals surface area contributed by atoms with Gasteiger partial charge in [0, 0.05) is 50.0 Å². The Balaban J connectivity index is 1.57. The first-order valence-electron chi connectivity index (χ1n) is 11.8. The molecule has 1 saturated heterocycles. The fourth-order valence-electron chi connectivity index (χ4n) is 4.61. The first kappa shape index (κ1) is 23.2. The van der Waals surface area contributed by atoms with E-state index in [1.807, 2.05) is 43.5 Å². The second-order valence-corrected chi connectivity index (χ2v) is 9.71. The van der Waals surface area contributed by atoms with Crippen molar-refractivity contribution < 1.29 is 9.50 Å². The van der Waals surface area contributed by atoms with E-state index in [-0.39, 0.29) is 5.82 Å². The zero-order valence-corrected chi connectivity index (χ0v) is 20.2. The molecule has 0 bridgehead atoms. The predicted molar refractivity (Wildman–Crippen MR) is 136 cm³/mol. The summed E-state index contributed by atoms with van der Waals surface area (Å²) in [7, 11) is 0. The molecular weight excluding hydrogens is 445 g/mol.